The molecule has 0 spiro atoms. The van der Waals surface area contributed by atoms with Gasteiger partial charge in [-0.2, -0.15) is 0 Å². The lowest BCUT2D eigenvalue weighted by Crippen LogP contribution is -2.50. The summed E-state index contributed by atoms with van der Waals surface area (Å²) in [6, 6.07) is 16.0. The molecule has 1 saturated heterocycles. The number of nitrogens with one attached hydrogen (secondary N) is 1. The number of amides is 1. The molecule has 10 heteroatoms. The minimum Gasteiger partial charge on any atom is -0.390 e. The fraction of sp³-hybridized carbons (Fsp3) is 0.429. The number of aliphatic hydroxyl groups excluding tert-OH is 1. The number of hydrogen-bond acceptors (Lipinski definition) is 5. The van der Waals surface area contributed by atoms with Crippen molar-refractivity contribution in [3.63, 3.8) is 0 Å². The molecular formula is C28H38Cl3N5O2. The van der Waals surface area contributed by atoms with E-state index in [2.05, 4.69) is 37.7 Å². The number of aliphatic hydroxyl groups is 1. The average Bonchev–Trinajstić information content (AvgIpc) is 3.21. The van der Waals surface area contributed by atoms with Gasteiger partial charge in [0.25, 0.3) is 5.91 Å². The number of β-amino-alcohol motifs (C(OH)–C–C–N with tert-alkyl or cyclic N) is 1. The molecule has 2 heterocycles. The Balaban J connectivity index is 0.00000253. The minimum atomic E-state index is -0.653. The summed E-state index contributed by atoms with van der Waals surface area (Å²) in [5.74, 6) is 0.625. The van der Waals surface area contributed by atoms with E-state index in [-0.39, 0.29) is 37.3 Å². The molecule has 1 fully saturated rings. The Morgan fingerprint density at radius 3 is 2.39 bits per heavy atom. The molecule has 4 rings (SSSR count). The van der Waals surface area contributed by atoms with E-state index in [1.54, 1.807) is 0 Å². The van der Waals surface area contributed by atoms with Crippen LogP contribution in [0.1, 0.15) is 40.9 Å². The maximum absolute atomic E-state index is 13.0. The van der Waals surface area contributed by atoms with E-state index < -0.39 is 6.10 Å². The molecule has 1 aliphatic rings. The van der Waals surface area contributed by atoms with Gasteiger partial charge in [0.15, 0.2) is 0 Å². The Bertz CT molecular complexity index is 1180. The lowest BCUT2D eigenvalue weighted by atomic mass is 10.1. The van der Waals surface area contributed by atoms with Crippen LogP contribution in [0.3, 0.4) is 0 Å². The van der Waals surface area contributed by atoms with Crippen molar-refractivity contribution in [2.45, 2.75) is 39.7 Å². The molecule has 0 saturated carbocycles. The highest BCUT2D eigenvalue weighted by molar-refractivity contribution is 6.31. The molecule has 1 aliphatic heterocycles. The van der Waals surface area contributed by atoms with E-state index >= 15 is 0 Å². The van der Waals surface area contributed by atoms with Gasteiger partial charge in [0.05, 0.1) is 11.8 Å². The van der Waals surface area contributed by atoms with Crippen molar-refractivity contribution in [3.05, 3.63) is 76.3 Å². The van der Waals surface area contributed by atoms with Crippen LogP contribution in [-0.2, 0) is 6.42 Å². The maximum atomic E-state index is 13.0. The van der Waals surface area contributed by atoms with Gasteiger partial charge in [0, 0.05) is 62.1 Å². The highest BCUT2D eigenvalue weighted by atomic mass is 35.5. The molecule has 2 N–H and O–H groups in total. The van der Waals surface area contributed by atoms with E-state index in [1.165, 1.54) is 5.69 Å². The third-order valence-electron chi connectivity index (χ3n) is 6.80. The summed E-state index contributed by atoms with van der Waals surface area (Å²) in [6.07, 6.45) is 1.07. The number of carbonyl (C=O) groups is 1. The summed E-state index contributed by atoms with van der Waals surface area (Å²) in [7, 11) is 0. The Labute approximate surface area is 243 Å². The van der Waals surface area contributed by atoms with Gasteiger partial charge in [0.2, 0.25) is 0 Å². The van der Waals surface area contributed by atoms with Gasteiger partial charge in [-0.1, -0.05) is 42.8 Å². The molecule has 3 aromatic rings. The van der Waals surface area contributed by atoms with Crippen molar-refractivity contribution in [2.75, 3.05) is 44.2 Å². The molecule has 38 heavy (non-hydrogen) atoms. The number of aromatic nitrogens is 2. The number of aryl methyl sites for hydroxylation is 1. The zero-order valence-electron chi connectivity index (χ0n) is 22.2. The van der Waals surface area contributed by atoms with Crippen LogP contribution < -0.4 is 10.2 Å². The third kappa shape index (κ3) is 7.42. The van der Waals surface area contributed by atoms with Crippen molar-refractivity contribution >= 4 is 48.0 Å². The first-order chi connectivity index (χ1) is 17.4. The van der Waals surface area contributed by atoms with Crippen LogP contribution in [-0.4, -0.2) is 70.8 Å². The van der Waals surface area contributed by atoms with Crippen LogP contribution in [0.25, 0.3) is 5.69 Å². The zero-order chi connectivity index (χ0) is 25.7. The molecule has 1 amide bonds. The van der Waals surface area contributed by atoms with Crippen LogP contribution >= 0.6 is 36.4 Å². The van der Waals surface area contributed by atoms with Gasteiger partial charge >= 0.3 is 0 Å². The fourth-order valence-electron chi connectivity index (χ4n) is 4.85. The SMILES string of the molecule is CCCc1nc(C(=O)NCC(O)CN2CCN(c3cccc(Cl)c3C)CC2)c(C)n1-c1ccccc1.Cl.Cl. The molecule has 1 aromatic heterocycles. The zero-order valence-corrected chi connectivity index (χ0v) is 24.6. The van der Waals surface area contributed by atoms with Crippen molar-refractivity contribution in [1.29, 1.82) is 0 Å². The average molecular weight is 583 g/mol. The summed E-state index contributed by atoms with van der Waals surface area (Å²) >= 11 is 6.29. The van der Waals surface area contributed by atoms with Gasteiger partial charge in [-0.25, -0.2) is 4.98 Å². The Morgan fingerprint density at radius 1 is 1.05 bits per heavy atom. The van der Waals surface area contributed by atoms with Gasteiger partial charge < -0.3 is 19.9 Å². The van der Waals surface area contributed by atoms with Crippen LogP contribution in [0.2, 0.25) is 5.02 Å². The number of rotatable bonds is 9. The number of halogens is 3. The number of para-hydroxylation sites is 1. The van der Waals surface area contributed by atoms with Gasteiger partial charge in [-0.05, 0) is 50.1 Å². The number of benzene rings is 2. The molecule has 0 bridgehead atoms. The molecule has 1 unspecified atom stereocenters. The number of carbonyl (C=O) groups excluding carboxylic acids is 1. The van der Waals surface area contributed by atoms with E-state index in [4.69, 9.17) is 11.6 Å². The molecule has 1 atom stereocenters. The Hall–Kier alpha value is -2.29. The monoisotopic (exact) mass is 581 g/mol. The summed E-state index contributed by atoms with van der Waals surface area (Å²) in [4.78, 5) is 22.2. The lowest BCUT2D eigenvalue weighted by molar-refractivity contribution is 0.0847. The predicted octanol–water partition coefficient (Wildman–Crippen LogP) is 4.85. The molecule has 7 nitrogen and oxygen atoms in total. The Kier molecular flexibility index (Phi) is 12.4. The first-order valence-corrected chi connectivity index (χ1v) is 13.1. The van der Waals surface area contributed by atoms with Crippen LogP contribution in [0.4, 0.5) is 5.69 Å². The molecule has 0 aliphatic carbocycles. The molecule has 208 valence electrons. The van der Waals surface area contributed by atoms with Crippen LogP contribution in [0.5, 0.6) is 0 Å². The third-order valence-corrected chi connectivity index (χ3v) is 7.21. The van der Waals surface area contributed by atoms with Crippen molar-refractivity contribution in [2.24, 2.45) is 0 Å². The van der Waals surface area contributed by atoms with E-state index in [1.807, 2.05) is 56.3 Å². The number of anilines is 1. The number of nitrogens with zero attached hydrogens (tertiary/aromatic N) is 4. The summed E-state index contributed by atoms with van der Waals surface area (Å²) in [6.45, 7) is 10.2. The number of hydrogen-bond donors (Lipinski definition) is 2. The van der Waals surface area contributed by atoms with Gasteiger partial charge in [-0.15, -0.1) is 24.8 Å². The fourth-order valence-corrected chi connectivity index (χ4v) is 5.02. The van der Waals surface area contributed by atoms with Gasteiger partial charge in [0.1, 0.15) is 11.5 Å². The van der Waals surface area contributed by atoms with Crippen molar-refractivity contribution < 1.29 is 9.90 Å². The molecule has 2 aromatic carbocycles. The van der Waals surface area contributed by atoms with Crippen LogP contribution in [0, 0.1) is 13.8 Å². The Morgan fingerprint density at radius 2 is 1.74 bits per heavy atom. The van der Waals surface area contributed by atoms with Crippen molar-refractivity contribution in [3.8, 4) is 5.69 Å². The molecular weight excluding hydrogens is 545 g/mol. The largest absolute Gasteiger partial charge is 0.390 e. The standard InChI is InChI=1S/C28H36ClN5O2.2ClH/c1-4-9-26-31-27(21(3)34(26)22-10-6-5-7-11-22)28(36)30-18-23(35)19-32-14-16-33(17-15-32)25-13-8-12-24(29)20(25)2;;/h5-8,10-13,23,35H,4,9,14-19H2,1-3H3,(H,30,36);2*1H. The number of piperazine rings is 1. The second kappa shape index (κ2) is 14.8. The smallest absolute Gasteiger partial charge is 0.271 e. The van der Waals surface area contributed by atoms with E-state index in [9.17, 15) is 9.90 Å². The highest BCUT2D eigenvalue weighted by Gasteiger charge is 2.23. The summed E-state index contributed by atoms with van der Waals surface area (Å²) in [5.41, 5.74) is 4.49. The highest BCUT2D eigenvalue weighted by Crippen LogP contribution is 2.27. The van der Waals surface area contributed by atoms with Crippen molar-refractivity contribution in [1.82, 2.24) is 19.8 Å². The lowest BCUT2D eigenvalue weighted by Gasteiger charge is -2.37. The quantitative estimate of drug-likeness (QED) is 0.377. The van der Waals surface area contributed by atoms with Crippen LogP contribution in [0.15, 0.2) is 48.5 Å². The second-order valence-electron chi connectivity index (χ2n) is 9.42. The van der Waals surface area contributed by atoms with Gasteiger partial charge in [-0.3, -0.25) is 9.69 Å². The minimum absolute atomic E-state index is 0. The predicted molar refractivity (Wildman–Crippen MR) is 160 cm³/mol. The number of imidazole rings is 1. The van der Waals surface area contributed by atoms with E-state index in [0.717, 1.165) is 66.8 Å². The second-order valence-corrected chi connectivity index (χ2v) is 9.83. The summed E-state index contributed by atoms with van der Waals surface area (Å²) < 4.78 is 2.05. The maximum Gasteiger partial charge on any atom is 0.271 e. The first-order valence-electron chi connectivity index (χ1n) is 12.7. The van der Waals surface area contributed by atoms with E-state index in [0.29, 0.717) is 12.2 Å². The first kappa shape index (κ1) is 31.9. The normalized spacial score (nSPS) is 14.4. The summed E-state index contributed by atoms with van der Waals surface area (Å²) in [5, 5.41) is 14.3. The topological polar surface area (TPSA) is 73.6 Å². The molecule has 0 radical (unpaired) electrons.